The van der Waals surface area contributed by atoms with Gasteiger partial charge in [-0.05, 0) is 46.4 Å². The first kappa shape index (κ1) is 16.7. The summed E-state index contributed by atoms with van der Waals surface area (Å²) in [6, 6.07) is 20.0. The fourth-order valence-electron chi connectivity index (χ4n) is 2.83. The summed E-state index contributed by atoms with van der Waals surface area (Å²) in [5, 5.41) is 9.65. The number of halogens is 1. The molecule has 126 valence electrons. The molecule has 3 rings (SSSR count). The maximum absolute atomic E-state index is 13.3. The zero-order valence-electron chi connectivity index (χ0n) is 13.6. The zero-order chi connectivity index (χ0) is 17.8. The van der Waals surface area contributed by atoms with Crippen molar-refractivity contribution in [2.75, 3.05) is 0 Å². The van der Waals surface area contributed by atoms with Crippen molar-refractivity contribution in [1.82, 2.24) is 0 Å². The summed E-state index contributed by atoms with van der Waals surface area (Å²) < 4.78 is 13.3. The summed E-state index contributed by atoms with van der Waals surface area (Å²) in [5.74, 6) is -1.44. The number of hydrogen-bond donors (Lipinski definition) is 2. The van der Waals surface area contributed by atoms with Crippen LogP contribution in [0.3, 0.4) is 0 Å². The molecule has 0 heterocycles. The Bertz CT molecular complexity index is 907. The van der Waals surface area contributed by atoms with Crippen molar-refractivity contribution >= 4 is 5.91 Å². The molecule has 0 unspecified atom stereocenters. The normalized spacial score (nSPS) is 10.6. The fraction of sp³-hybridized carbons (Fsp3) is 0.0952. The lowest BCUT2D eigenvalue weighted by Gasteiger charge is -2.13. The molecule has 3 aromatic carbocycles. The van der Waals surface area contributed by atoms with E-state index in [0.717, 1.165) is 22.3 Å². The van der Waals surface area contributed by atoms with Crippen LogP contribution >= 0.6 is 0 Å². The highest BCUT2D eigenvalue weighted by Gasteiger charge is 2.11. The van der Waals surface area contributed by atoms with E-state index in [4.69, 9.17) is 5.73 Å². The molecule has 0 aliphatic rings. The number of primary amides is 1. The van der Waals surface area contributed by atoms with Crippen LogP contribution in [0.4, 0.5) is 4.39 Å². The number of phenolic OH excluding ortho intramolecular Hbond substituents is 1. The Labute approximate surface area is 145 Å². The lowest BCUT2D eigenvalue weighted by atomic mass is 9.92. The molecule has 3 nitrogen and oxygen atoms in total. The number of amides is 1. The topological polar surface area (TPSA) is 63.3 Å². The molecule has 0 aromatic heterocycles. The molecule has 25 heavy (non-hydrogen) atoms. The summed E-state index contributed by atoms with van der Waals surface area (Å²) in [6.45, 7) is 0. The minimum atomic E-state index is -0.664. The van der Waals surface area contributed by atoms with Gasteiger partial charge in [-0.3, -0.25) is 4.79 Å². The molecule has 0 aliphatic carbocycles. The van der Waals surface area contributed by atoms with Crippen LogP contribution < -0.4 is 5.73 Å². The van der Waals surface area contributed by atoms with Crippen molar-refractivity contribution in [3.8, 4) is 28.0 Å². The van der Waals surface area contributed by atoms with E-state index in [0.29, 0.717) is 12.0 Å². The standard InChI is InChI=1S/C21H18FNO2/c22-19-10-7-17(13-20(19)24)18-9-6-15(14-4-2-1-3-5-14)12-16(18)8-11-21(23)25/h1-7,9-10,12-13,24H,8,11H2,(H2,23,25). The SMILES string of the molecule is NC(=O)CCc1cc(-c2ccccc2)ccc1-c1ccc(F)c(O)c1. The van der Waals surface area contributed by atoms with E-state index in [1.165, 1.54) is 12.1 Å². The quantitative estimate of drug-likeness (QED) is 0.731. The average Bonchev–Trinajstić information content (AvgIpc) is 2.63. The van der Waals surface area contributed by atoms with Crippen LogP contribution in [0.5, 0.6) is 5.75 Å². The minimum Gasteiger partial charge on any atom is -0.505 e. The van der Waals surface area contributed by atoms with E-state index in [1.807, 2.05) is 48.5 Å². The van der Waals surface area contributed by atoms with Crippen molar-refractivity contribution in [3.63, 3.8) is 0 Å². The highest BCUT2D eigenvalue weighted by Crippen LogP contribution is 2.32. The highest BCUT2D eigenvalue weighted by molar-refractivity contribution is 5.77. The van der Waals surface area contributed by atoms with Gasteiger partial charge < -0.3 is 10.8 Å². The Morgan fingerprint density at radius 1 is 0.920 bits per heavy atom. The van der Waals surface area contributed by atoms with Gasteiger partial charge in [0.05, 0.1) is 0 Å². The number of nitrogens with two attached hydrogens (primary N) is 1. The largest absolute Gasteiger partial charge is 0.505 e. The number of aromatic hydroxyl groups is 1. The number of benzene rings is 3. The molecule has 1 amide bonds. The predicted octanol–water partition coefficient (Wildman–Crippen LogP) is 4.28. The van der Waals surface area contributed by atoms with Gasteiger partial charge in [-0.25, -0.2) is 4.39 Å². The van der Waals surface area contributed by atoms with Crippen molar-refractivity contribution < 1.29 is 14.3 Å². The van der Waals surface area contributed by atoms with E-state index in [2.05, 4.69) is 0 Å². The molecule has 0 saturated heterocycles. The molecule has 0 fully saturated rings. The Morgan fingerprint density at radius 3 is 2.32 bits per heavy atom. The van der Waals surface area contributed by atoms with Crippen LogP contribution in [0.1, 0.15) is 12.0 Å². The van der Waals surface area contributed by atoms with Gasteiger partial charge in [0.25, 0.3) is 0 Å². The van der Waals surface area contributed by atoms with Gasteiger partial charge in [0.2, 0.25) is 5.91 Å². The van der Waals surface area contributed by atoms with Crippen LogP contribution in [0.2, 0.25) is 0 Å². The molecule has 0 radical (unpaired) electrons. The average molecular weight is 335 g/mol. The Balaban J connectivity index is 2.07. The van der Waals surface area contributed by atoms with E-state index in [9.17, 15) is 14.3 Å². The van der Waals surface area contributed by atoms with Gasteiger partial charge in [0.1, 0.15) is 0 Å². The smallest absolute Gasteiger partial charge is 0.217 e. The Kier molecular flexibility index (Phi) is 4.80. The van der Waals surface area contributed by atoms with Crippen LogP contribution in [0.15, 0.2) is 66.7 Å². The zero-order valence-corrected chi connectivity index (χ0v) is 13.6. The minimum absolute atomic E-state index is 0.221. The second kappa shape index (κ2) is 7.18. The number of phenols is 1. The van der Waals surface area contributed by atoms with Crippen LogP contribution in [-0.2, 0) is 11.2 Å². The van der Waals surface area contributed by atoms with Crippen LogP contribution in [0, 0.1) is 5.82 Å². The molecular weight excluding hydrogens is 317 g/mol. The Morgan fingerprint density at radius 2 is 1.64 bits per heavy atom. The molecule has 3 aromatic rings. The third-order valence-corrected chi connectivity index (χ3v) is 4.11. The fourth-order valence-corrected chi connectivity index (χ4v) is 2.83. The molecule has 0 spiro atoms. The van der Waals surface area contributed by atoms with Gasteiger partial charge >= 0.3 is 0 Å². The molecule has 3 N–H and O–H groups in total. The summed E-state index contributed by atoms with van der Waals surface area (Å²) in [4.78, 5) is 11.2. The molecule has 0 saturated carbocycles. The molecule has 0 aliphatic heterocycles. The summed E-state index contributed by atoms with van der Waals surface area (Å²) in [7, 11) is 0. The van der Waals surface area contributed by atoms with Crippen molar-refractivity contribution in [1.29, 1.82) is 0 Å². The molecule has 0 bridgehead atoms. The van der Waals surface area contributed by atoms with Gasteiger partial charge in [0, 0.05) is 6.42 Å². The monoisotopic (exact) mass is 335 g/mol. The molecular formula is C21H18FNO2. The number of carbonyl (C=O) groups excluding carboxylic acids is 1. The predicted molar refractivity (Wildman–Crippen MR) is 96.5 cm³/mol. The first-order chi connectivity index (χ1) is 12.0. The number of rotatable bonds is 5. The first-order valence-electron chi connectivity index (χ1n) is 8.00. The summed E-state index contributed by atoms with van der Waals surface area (Å²) in [5.41, 5.74) is 9.84. The number of aryl methyl sites for hydroxylation is 1. The molecule has 4 heteroatoms. The number of carbonyl (C=O) groups is 1. The maximum Gasteiger partial charge on any atom is 0.217 e. The summed E-state index contributed by atoms with van der Waals surface area (Å²) in [6.07, 6.45) is 0.696. The second-order valence-electron chi connectivity index (χ2n) is 5.87. The molecule has 0 atom stereocenters. The van der Waals surface area contributed by atoms with Crippen LogP contribution in [0.25, 0.3) is 22.3 Å². The lowest BCUT2D eigenvalue weighted by Crippen LogP contribution is -2.11. The van der Waals surface area contributed by atoms with Gasteiger partial charge in [-0.2, -0.15) is 0 Å². The van der Waals surface area contributed by atoms with Gasteiger partial charge in [0.15, 0.2) is 11.6 Å². The second-order valence-corrected chi connectivity index (χ2v) is 5.87. The summed E-state index contributed by atoms with van der Waals surface area (Å²) >= 11 is 0. The third kappa shape index (κ3) is 3.86. The maximum atomic E-state index is 13.3. The van der Waals surface area contributed by atoms with Gasteiger partial charge in [-0.15, -0.1) is 0 Å². The highest BCUT2D eigenvalue weighted by atomic mass is 19.1. The van der Waals surface area contributed by atoms with Crippen molar-refractivity contribution in [3.05, 3.63) is 78.1 Å². The van der Waals surface area contributed by atoms with E-state index in [-0.39, 0.29) is 12.3 Å². The first-order valence-corrected chi connectivity index (χ1v) is 8.00. The van der Waals surface area contributed by atoms with E-state index < -0.39 is 11.6 Å². The Hall–Kier alpha value is -3.14. The van der Waals surface area contributed by atoms with Crippen molar-refractivity contribution in [2.24, 2.45) is 5.73 Å². The van der Waals surface area contributed by atoms with Crippen LogP contribution in [-0.4, -0.2) is 11.0 Å². The van der Waals surface area contributed by atoms with Gasteiger partial charge in [-0.1, -0.05) is 54.6 Å². The third-order valence-electron chi connectivity index (χ3n) is 4.11. The number of hydrogen-bond acceptors (Lipinski definition) is 2. The van der Waals surface area contributed by atoms with E-state index >= 15 is 0 Å². The lowest BCUT2D eigenvalue weighted by molar-refractivity contribution is -0.117. The van der Waals surface area contributed by atoms with Crippen molar-refractivity contribution in [2.45, 2.75) is 12.8 Å². The van der Waals surface area contributed by atoms with E-state index in [1.54, 1.807) is 6.07 Å².